The third-order valence-electron chi connectivity index (χ3n) is 2.73. The molecule has 0 aliphatic rings. The predicted octanol–water partition coefficient (Wildman–Crippen LogP) is 4.38. The summed E-state index contributed by atoms with van der Waals surface area (Å²) in [5, 5.41) is 3.34. The molecule has 0 aliphatic carbocycles. The van der Waals surface area contributed by atoms with Crippen molar-refractivity contribution >= 4 is 15.9 Å². The standard InChI is InChI=1S/C15H22BrF2NO/c1-10(2)7-19-8-15(3,4)9-20-13-6-11(16)5-12(17)14(13)18/h5-6,10,19H,7-9H2,1-4H3. The first-order chi connectivity index (χ1) is 9.21. The van der Waals surface area contributed by atoms with Gasteiger partial charge in [-0.2, -0.15) is 4.39 Å². The van der Waals surface area contributed by atoms with Gasteiger partial charge in [0.05, 0.1) is 6.61 Å². The predicted molar refractivity (Wildman–Crippen MR) is 81.0 cm³/mol. The van der Waals surface area contributed by atoms with Gasteiger partial charge in [-0.25, -0.2) is 4.39 Å². The van der Waals surface area contributed by atoms with Crippen LogP contribution in [0.3, 0.4) is 0 Å². The summed E-state index contributed by atoms with van der Waals surface area (Å²) >= 11 is 3.13. The van der Waals surface area contributed by atoms with E-state index in [1.54, 1.807) is 0 Å². The minimum absolute atomic E-state index is 0.0613. The molecule has 0 amide bonds. The highest BCUT2D eigenvalue weighted by atomic mass is 79.9. The molecule has 0 aliphatic heterocycles. The molecule has 1 N–H and O–H groups in total. The number of ether oxygens (including phenoxy) is 1. The maximum absolute atomic E-state index is 13.6. The molecule has 0 fully saturated rings. The average molecular weight is 350 g/mol. The Balaban J connectivity index is 2.57. The Kier molecular flexibility index (Phi) is 6.40. The van der Waals surface area contributed by atoms with Gasteiger partial charge in [0.2, 0.25) is 5.82 Å². The Morgan fingerprint density at radius 1 is 1.30 bits per heavy atom. The Morgan fingerprint density at radius 2 is 1.95 bits per heavy atom. The minimum atomic E-state index is -0.945. The van der Waals surface area contributed by atoms with E-state index in [0.717, 1.165) is 19.2 Å². The van der Waals surface area contributed by atoms with Gasteiger partial charge in [-0.1, -0.05) is 43.6 Å². The number of benzene rings is 1. The quantitative estimate of drug-likeness (QED) is 0.737. The Labute approximate surface area is 128 Å². The van der Waals surface area contributed by atoms with E-state index in [2.05, 4.69) is 35.1 Å². The van der Waals surface area contributed by atoms with Crippen LogP contribution >= 0.6 is 15.9 Å². The summed E-state index contributed by atoms with van der Waals surface area (Å²) in [7, 11) is 0. The van der Waals surface area contributed by atoms with Crippen molar-refractivity contribution in [1.82, 2.24) is 5.32 Å². The Morgan fingerprint density at radius 3 is 2.55 bits per heavy atom. The molecule has 114 valence electrons. The Hall–Kier alpha value is -0.680. The second kappa shape index (κ2) is 7.36. The minimum Gasteiger partial charge on any atom is -0.490 e. The summed E-state index contributed by atoms with van der Waals surface area (Å²) in [6.07, 6.45) is 0. The molecule has 0 saturated carbocycles. The van der Waals surface area contributed by atoms with Crippen LogP contribution in [0.4, 0.5) is 8.78 Å². The lowest BCUT2D eigenvalue weighted by Crippen LogP contribution is -2.36. The second-order valence-corrected chi connectivity index (χ2v) is 7.09. The van der Waals surface area contributed by atoms with Gasteiger partial charge in [0, 0.05) is 16.4 Å². The summed E-state index contributed by atoms with van der Waals surface area (Å²) in [4.78, 5) is 0. The van der Waals surface area contributed by atoms with Gasteiger partial charge in [0.25, 0.3) is 0 Å². The van der Waals surface area contributed by atoms with Gasteiger partial charge in [-0.3, -0.25) is 0 Å². The SMILES string of the molecule is CC(C)CNCC(C)(C)COc1cc(Br)cc(F)c1F. The fourth-order valence-electron chi connectivity index (χ4n) is 1.66. The largest absolute Gasteiger partial charge is 0.490 e. The van der Waals surface area contributed by atoms with Crippen molar-refractivity contribution in [2.24, 2.45) is 11.3 Å². The first-order valence-electron chi connectivity index (χ1n) is 6.69. The summed E-state index contributed by atoms with van der Waals surface area (Å²) in [5.74, 6) is -1.35. The van der Waals surface area contributed by atoms with Crippen molar-refractivity contribution in [1.29, 1.82) is 0 Å². The Bertz CT molecular complexity index is 450. The summed E-state index contributed by atoms with van der Waals surface area (Å²) in [6, 6.07) is 2.52. The van der Waals surface area contributed by atoms with E-state index in [1.807, 2.05) is 13.8 Å². The first kappa shape index (κ1) is 17.4. The van der Waals surface area contributed by atoms with Gasteiger partial charge >= 0.3 is 0 Å². The van der Waals surface area contributed by atoms with Crippen molar-refractivity contribution in [2.75, 3.05) is 19.7 Å². The van der Waals surface area contributed by atoms with Gasteiger partial charge in [-0.15, -0.1) is 0 Å². The molecule has 0 radical (unpaired) electrons. The number of halogens is 3. The molecule has 1 aromatic rings. The van der Waals surface area contributed by atoms with Gasteiger partial charge in [0.15, 0.2) is 11.6 Å². The average Bonchev–Trinajstić information content (AvgIpc) is 2.31. The summed E-state index contributed by atoms with van der Waals surface area (Å²) < 4.78 is 32.7. The highest BCUT2D eigenvalue weighted by Crippen LogP contribution is 2.27. The number of hydrogen-bond acceptors (Lipinski definition) is 2. The first-order valence-corrected chi connectivity index (χ1v) is 7.48. The topological polar surface area (TPSA) is 21.3 Å². The number of nitrogens with one attached hydrogen (secondary N) is 1. The van der Waals surface area contributed by atoms with Crippen molar-refractivity contribution in [3.8, 4) is 5.75 Å². The molecule has 0 unspecified atom stereocenters. The van der Waals surface area contributed by atoms with E-state index >= 15 is 0 Å². The molecule has 2 nitrogen and oxygen atoms in total. The molecule has 0 bridgehead atoms. The molecule has 0 saturated heterocycles. The van der Waals surface area contributed by atoms with E-state index in [1.165, 1.54) is 6.07 Å². The molecule has 0 aromatic heterocycles. The highest BCUT2D eigenvalue weighted by Gasteiger charge is 2.20. The molecule has 1 rings (SSSR count). The molecule has 1 aromatic carbocycles. The lowest BCUT2D eigenvalue weighted by molar-refractivity contribution is 0.168. The van der Waals surface area contributed by atoms with Crippen LogP contribution < -0.4 is 10.1 Å². The van der Waals surface area contributed by atoms with Gasteiger partial charge in [0.1, 0.15) is 0 Å². The lowest BCUT2D eigenvalue weighted by Gasteiger charge is -2.26. The molecular weight excluding hydrogens is 328 g/mol. The van der Waals surface area contributed by atoms with E-state index in [4.69, 9.17) is 4.74 Å². The number of rotatable bonds is 7. The fraction of sp³-hybridized carbons (Fsp3) is 0.600. The van der Waals surface area contributed by atoms with Gasteiger partial charge < -0.3 is 10.1 Å². The van der Waals surface area contributed by atoms with Crippen molar-refractivity contribution in [3.63, 3.8) is 0 Å². The fourth-order valence-corrected chi connectivity index (χ4v) is 2.07. The molecular formula is C15H22BrF2NO. The van der Waals surface area contributed by atoms with Crippen molar-refractivity contribution in [3.05, 3.63) is 28.2 Å². The maximum Gasteiger partial charge on any atom is 0.200 e. The van der Waals surface area contributed by atoms with Crippen LogP contribution in [-0.2, 0) is 0 Å². The van der Waals surface area contributed by atoms with Crippen LogP contribution in [0.1, 0.15) is 27.7 Å². The number of hydrogen-bond donors (Lipinski definition) is 1. The van der Waals surface area contributed by atoms with E-state index in [0.29, 0.717) is 17.0 Å². The van der Waals surface area contributed by atoms with E-state index in [9.17, 15) is 8.78 Å². The van der Waals surface area contributed by atoms with Crippen LogP contribution in [0.15, 0.2) is 16.6 Å². The zero-order chi connectivity index (χ0) is 15.3. The van der Waals surface area contributed by atoms with E-state index < -0.39 is 11.6 Å². The van der Waals surface area contributed by atoms with E-state index in [-0.39, 0.29) is 11.2 Å². The summed E-state index contributed by atoms with van der Waals surface area (Å²) in [5.41, 5.74) is -0.167. The zero-order valence-electron chi connectivity index (χ0n) is 12.4. The van der Waals surface area contributed by atoms with Crippen molar-refractivity contribution in [2.45, 2.75) is 27.7 Å². The van der Waals surface area contributed by atoms with Crippen LogP contribution in [0.2, 0.25) is 0 Å². The maximum atomic E-state index is 13.6. The molecule has 5 heteroatoms. The molecule has 0 heterocycles. The van der Waals surface area contributed by atoms with Crippen LogP contribution in [-0.4, -0.2) is 19.7 Å². The molecule has 0 atom stereocenters. The normalized spacial score (nSPS) is 12.0. The third kappa shape index (κ3) is 5.75. The van der Waals surface area contributed by atoms with Crippen molar-refractivity contribution < 1.29 is 13.5 Å². The lowest BCUT2D eigenvalue weighted by atomic mass is 9.94. The smallest absolute Gasteiger partial charge is 0.200 e. The van der Waals surface area contributed by atoms with Gasteiger partial charge in [-0.05, 0) is 24.6 Å². The third-order valence-corrected chi connectivity index (χ3v) is 3.19. The zero-order valence-corrected chi connectivity index (χ0v) is 14.0. The summed E-state index contributed by atoms with van der Waals surface area (Å²) in [6.45, 7) is 10.3. The highest BCUT2D eigenvalue weighted by molar-refractivity contribution is 9.10. The van der Waals surface area contributed by atoms with Crippen LogP contribution in [0.5, 0.6) is 5.75 Å². The second-order valence-electron chi connectivity index (χ2n) is 6.18. The van der Waals surface area contributed by atoms with Crippen LogP contribution in [0.25, 0.3) is 0 Å². The molecule has 0 spiro atoms. The monoisotopic (exact) mass is 349 g/mol. The van der Waals surface area contributed by atoms with Crippen LogP contribution in [0, 0.1) is 23.0 Å². The molecule has 20 heavy (non-hydrogen) atoms.